The van der Waals surface area contributed by atoms with Crippen molar-refractivity contribution < 1.29 is 32.4 Å². The number of likely N-dealkylation sites (tertiary alicyclic amines) is 1. The van der Waals surface area contributed by atoms with Crippen molar-refractivity contribution >= 4 is 50.9 Å². The van der Waals surface area contributed by atoms with E-state index in [-0.39, 0.29) is 40.3 Å². The van der Waals surface area contributed by atoms with Crippen LogP contribution in [0, 0.1) is 28.6 Å². The molecule has 1 saturated carbocycles. The van der Waals surface area contributed by atoms with E-state index in [2.05, 4.69) is 35.1 Å². The first-order valence-corrected chi connectivity index (χ1v) is 20.1. The van der Waals surface area contributed by atoms with Crippen molar-refractivity contribution in [3.05, 3.63) is 17.5 Å². The van der Waals surface area contributed by atoms with Crippen molar-refractivity contribution in [2.45, 2.75) is 116 Å². The van der Waals surface area contributed by atoms with Gasteiger partial charge < -0.3 is 26.2 Å². The Bertz CT molecular complexity index is 1490. The van der Waals surface area contributed by atoms with Crippen molar-refractivity contribution in [3.8, 4) is 0 Å². The lowest BCUT2D eigenvalue weighted by atomic mass is 9.85. The van der Waals surface area contributed by atoms with E-state index >= 15 is 0 Å². The second kappa shape index (κ2) is 16.5. The SMILES string of the molecule is CCCNC(=O)C(=O)C(CCC)NC(=O)[C@@H]1[C@@H]2[C@H](CN1C(=O)[C@@H](NC(=O)N[C@H](CN(C)S(=O)(=O)c1cccs1)[C@@H](C)CC)C(C)(C)C)C2(C)C. The minimum atomic E-state index is -3.75. The Morgan fingerprint density at radius 2 is 1.72 bits per heavy atom. The topological polar surface area (TPSA) is 174 Å². The fraction of sp³-hybridized carbons (Fsp3) is 0.743. The lowest BCUT2D eigenvalue weighted by Crippen LogP contribution is -2.62. The number of rotatable bonds is 17. The summed E-state index contributed by atoms with van der Waals surface area (Å²) in [7, 11) is -2.27. The molecule has 2 fully saturated rings. The predicted molar refractivity (Wildman–Crippen MR) is 194 cm³/mol. The number of ketones is 1. The Labute approximate surface area is 302 Å². The first-order valence-electron chi connectivity index (χ1n) is 17.7. The molecule has 1 saturated heterocycles. The van der Waals surface area contributed by atoms with E-state index < -0.39 is 69.1 Å². The number of amides is 5. The van der Waals surface area contributed by atoms with Crippen LogP contribution in [-0.2, 0) is 29.2 Å². The van der Waals surface area contributed by atoms with Gasteiger partial charge in [-0.1, -0.05) is 81.2 Å². The third kappa shape index (κ3) is 9.24. The number of hydrogen-bond acceptors (Lipinski definition) is 8. The van der Waals surface area contributed by atoms with E-state index in [1.165, 1.54) is 22.3 Å². The molecule has 2 aliphatic rings. The fourth-order valence-electron chi connectivity index (χ4n) is 6.86. The molecule has 0 aromatic carbocycles. The van der Waals surface area contributed by atoms with Gasteiger partial charge in [-0.05, 0) is 52.9 Å². The normalized spacial score (nSPS) is 22.1. The maximum Gasteiger partial charge on any atom is 0.315 e. The van der Waals surface area contributed by atoms with Gasteiger partial charge >= 0.3 is 6.03 Å². The molecule has 0 radical (unpaired) electrons. The van der Waals surface area contributed by atoms with Crippen LogP contribution < -0.4 is 21.3 Å². The lowest BCUT2D eigenvalue weighted by Gasteiger charge is -2.38. The molecule has 3 rings (SSSR count). The van der Waals surface area contributed by atoms with Crippen LogP contribution in [0.3, 0.4) is 0 Å². The van der Waals surface area contributed by atoms with E-state index in [1.54, 1.807) is 11.4 Å². The monoisotopic (exact) mass is 738 g/mol. The summed E-state index contributed by atoms with van der Waals surface area (Å²) in [6, 6.07) is -0.911. The quantitative estimate of drug-likeness (QED) is 0.177. The first-order chi connectivity index (χ1) is 23.2. The fourth-order valence-corrected chi connectivity index (χ4v) is 9.26. The van der Waals surface area contributed by atoms with Gasteiger partial charge in [0.25, 0.3) is 15.9 Å². The average molecular weight is 739 g/mol. The Hall–Kier alpha value is -3.04. The van der Waals surface area contributed by atoms with Crippen LogP contribution in [-0.4, -0.2) is 98.0 Å². The largest absolute Gasteiger partial charge is 0.349 e. The number of likely N-dealkylation sites (N-methyl/N-ethyl adjacent to an activating group) is 1. The van der Waals surface area contributed by atoms with Gasteiger partial charge in [-0.15, -0.1) is 11.3 Å². The summed E-state index contributed by atoms with van der Waals surface area (Å²) in [5.74, 6) is -2.56. The molecule has 2 heterocycles. The molecule has 282 valence electrons. The van der Waals surface area contributed by atoms with Gasteiger partial charge in [0.2, 0.25) is 17.6 Å². The molecule has 13 nitrogen and oxygen atoms in total. The minimum absolute atomic E-state index is 0.0255. The standard InChI is InChI=1S/C35H58N6O7S2/c1-11-15-23(28(42)31(44)36-17-12-2)37-30(43)27-26-22(35(26,8)9)19-41(27)32(45)29(34(5,6)7)39-33(46)38-24(21(4)13-3)20-40(10)50(47,48)25-16-14-18-49-25/h14,16,18,21-24,26-27,29H,11-13,15,17,19-20H2,1-10H3,(H,36,44)(H,37,43)(H2,38,39,46)/t21-,22-,23?,24+,26-,27-,29+/m0/s1. The van der Waals surface area contributed by atoms with Gasteiger partial charge in [-0.3, -0.25) is 19.2 Å². The number of carbonyl (C=O) groups excluding carboxylic acids is 5. The summed E-state index contributed by atoms with van der Waals surface area (Å²) in [5.41, 5.74) is -0.969. The molecular formula is C35H58N6O7S2. The summed E-state index contributed by atoms with van der Waals surface area (Å²) >= 11 is 1.12. The second-order valence-electron chi connectivity index (χ2n) is 15.5. The molecule has 1 unspecified atom stereocenters. The second-order valence-corrected chi connectivity index (χ2v) is 18.7. The predicted octanol–water partition coefficient (Wildman–Crippen LogP) is 3.36. The van der Waals surface area contributed by atoms with Crippen LogP contribution in [0.5, 0.6) is 0 Å². The maximum absolute atomic E-state index is 14.4. The Kier molecular flexibility index (Phi) is 13.7. The molecule has 7 atom stereocenters. The molecule has 1 aromatic heterocycles. The van der Waals surface area contributed by atoms with E-state index in [4.69, 9.17) is 0 Å². The zero-order valence-corrected chi connectivity index (χ0v) is 32.9. The summed E-state index contributed by atoms with van der Waals surface area (Å²) in [4.78, 5) is 69.1. The highest BCUT2D eigenvalue weighted by atomic mass is 32.2. The van der Waals surface area contributed by atoms with Crippen LogP contribution >= 0.6 is 11.3 Å². The van der Waals surface area contributed by atoms with Gasteiger partial charge in [0.1, 0.15) is 16.3 Å². The van der Waals surface area contributed by atoms with Crippen LogP contribution in [0.25, 0.3) is 0 Å². The third-order valence-corrected chi connectivity index (χ3v) is 13.6. The van der Waals surface area contributed by atoms with Crippen molar-refractivity contribution in [1.82, 2.24) is 30.5 Å². The average Bonchev–Trinajstić information content (AvgIpc) is 3.51. The van der Waals surface area contributed by atoms with Crippen molar-refractivity contribution in [3.63, 3.8) is 0 Å². The van der Waals surface area contributed by atoms with Crippen LogP contribution in [0.2, 0.25) is 0 Å². The van der Waals surface area contributed by atoms with E-state index in [1.807, 2.05) is 48.5 Å². The number of Topliss-reactive ketones (excluding diaryl/α,β-unsaturated/α-hetero) is 1. The number of carbonyl (C=O) groups is 5. The molecule has 15 heteroatoms. The lowest BCUT2D eigenvalue weighted by molar-refractivity contribution is -0.145. The Balaban J connectivity index is 1.81. The highest BCUT2D eigenvalue weighted by molar-refractivity contribution is 7.91. The summed E-state index contributed by atoms with van der Waals surface area (Å²) in [6.45, 7) is 17.9. The number of hydrogen-bond donors (Lipinski definition) is 4. The zero-order valence-electron chi connectivity index (χ0n) is 31.3. The summed E-state index contributed by atoms with van der Waals surface area (Å²) in [5, 5.41) is 12.9. The van der Waals surface area contributed by atoms with Gasteiger partial charge in [-0.25, -0.2) is 13.2 Å². The molecule has 1 aliphatic carbocycles. The molecule has 4 N–H and O–H groups in total. The number of fused-ring (bicyclic) bond motifs is 1. The third-order valence-electron chi connectivity index (χ3n) is 10.4. The van der Waals surface area contributed by atoms with Gasteiger partial charge in [0, 0.05) is 32.7 Å². The van der Waals surface area contributed by atoms with Crippen molar-refractivity contribution in [1.29, 1.82) is 0 Å². The number of piperidine rings is 1. The maximum atomic E-state index is 14.4. The highest BCUT2D eigenvalue weighted by Crippen LogP contribution is 2.65. The molecule has 0 bridgehead atoms. The zero-order chi connectivity index (χ0) is 37.8. The van der Waals surface area contributed by atoms with Crippen LogP contribution in [0.15, 0.2) is 21.7 Å². The molecule has 0 spiro atoms. The Morgan fingerprint density at radius 1 is 1.06 bits per heavy atom. The number of nitrogens with zero attached hydrogens (tertiary/aromatic N) is 2. The van der Waals surface area contributed by atoms with E-state index in [0.29, 0.717) is 32.4 Å². The van der Waals surface area contributed by atoms with Crippen molar-refractivity contribution in [2.75, 3.05) is 26.7 Å². The molecule has 50 heavy (non-hydrogen) atoms. The van der Waals surface area contributed by atoms with Gasteiger partial charge in [-0.2, -0.15) is 4.31 Å². The van der Waals surface area contributed by atoms with E-state index in [0.717, 1.165) is 11.3 Å². The minimum Gasteiger partial charge on any atom is -0.349 e. The number of thiophene rings is 1. The number of urea groups is 1. The Morgan fingerprint density at radius 3 is 2.26 bits per heavy atom. The molecule has 5 amide bonds. The highest BCUT2D eigenvalue weighted by Gasteiger charge is 2.70. The van der Waals surface area contributed by atoms with Gasteiger partial charge in [0.05, 0.1) is 6.04 Å². The number of nitrogens with one attached hydrogen (secondary N) is 4. The van der Waals surface area contributed by atoms with Crippen molar-refractivity contribution in [2.24, 2.45) is 28.6 Å². The molecule has 1 aromatic rings. The van der Waals surface area contributed by atoms with Crippen LogP contribution in [0.4, 0.5) is 4.79 Å². The van der Waals surface area contributed by atoms with E-state index in [9.17, 15) is 32.4 Å². The summed E-state index contributed by atoms with van der Waals surface area (Å²) in [6.07, 6.45) is 2.16. The first kappa shape index (κ1) is 41.4. The van der Waals surface area contributed by atoms with Crippen LogP contribution in [0.1, 0.15) is 88.0 Å². The molecule has 1 aliphatic heterocycles. The summed E-state index contributed by atoms with van der Waals surface area (Å²) < 4.78 is 27.7. The smallest absolute Gasteiger partial charge is 0.315 e. The van der Waals surface area contributed by atoms with Gasteiger partial charge in [0.15, 0.2) is 0 Å². The molecular weight excluding hydrogens is 681 g/mol. The number of sulfonamides is 1.